The first-order valence-electron chi connectivity index (χ1n) is 7.07. The van der Waals surface area contributed by atoms with Gasteiger partial charge in [-0.25, -0.2) is 0 Å². The zero-order valence-corrected chi connectivity index (χ0v) is 12.1. The zero-order chi connectivity index (χ0) is 14.5. The Labute approximate surface area is 124 Å². The Hall–Kier alpha value is -2.43. The molecule has 5 nitrogen and oxygen atoms in total. The summed E-state index contributed by atoms with van der Waals surface area (Å²) >= 11 is 0. The molecule has 1 saturated heterocycles. The second-order valence-corrected chi connectivity index (χ2v) is 4.87. The van der Waals surface area contributed by atoms with E-state index >= 15 is 0 Å². The highest BCUT2D eigenvalue weighted by atomic mass is 16.5. The molecule has 21 heavy (non-hydrogen) atoms. The lowest BCUT2D eigenvalue weighted by Gasteiger charge is -2.35. The van der Waals surface area contributed by atoms with Crippen molar-refractivity contribution in [3.05, 3.63) is 48.4 Å². The highest BCUT2D eigenvalue weighted by Crippen LogP contribution is 2.28. The van der Waals surface area contributed by atoms with Gasteiger partial charge in [0, 0.05) is 13.1 Å². The fourth-order valence-electron chi connectivity index (χ4n) is 2.45. The average Bonchev–Trinajstić information content (AvgIpc) is 3.07. The Kier molecular flexibility index (Phi) is 4.09. The van der Waals surface area contributed by atoms with E-state index < -0.39 is 0 Å². The monoisotopic (exact) mass is 285 g/mol. The van der Waals surface area contributed by atoms with Crippen molar-refractivity contribution in [2.45, 2.75) is 0 Å². The highest BCUT2D eigenvalue weighted by Gasteiger charge is 2.18. The fourth-order valence-corrected chi connectivity index (χ4v) is 2.45. The van der Waals surface area contributed by atoms with Crippen LogP contribution >= 0.6 is 0 Å². The Morgan fingerprint density at radius 3 is 2.62 bits per heavy atom. The van der Waals surface area contributed by atoms with Gasteiger partial charge in [-0.2, -0.15) is 5.10 Å². The number of anilines is 1. The van der Waals surface area contributed by atoms with E-state index in [2.05, 4.69) is 21.1 Å². The summed E-state index contributed by atoms with van der Waals surface area (Å²) in [4.78, 5) is 2.33. The number of hydrogen-bond donors (Lipinski definition) is 0. The second-order valence-electron chi connectivity index (χ2n) is 4.87. The van der Waals surface area contributed by atoms with Gasteiger partial charge in [0.2, 0.25) is 0 Å². The molecule has 0 radical (unpaired) electrons. The van der Waals surface area contributed by atoms with Crippen molar-refractivity contribution in [2.24, 2.45) is 5.10 Å². The molecule has 0 atom stereocenters. The number of rotatable bonds is 4. The third-order valence-corrected chi connectivity index (χ3v) is 3.57. The van der Waals surface area contributed by atoms with E-state index in [1.807, 2.05) is 30.3 Å². The first-order chi connectivity index (χ1) is 10.4. The van der Waals surface area contributed by atoms with Gasteiger partial charge in [-0.05, 0) is 24.3 Å². The molecule has 0 saturated carbocycles. The number of furan rings is 1. The lowest BCUT2D eigenvalue weighted by Crippen LogP contribution is -2.44. The summed E-state index contributed by atoms with van der Waals surface area (Å²) in [6.45, 7) is 3.62. The molecule has 110 valence electrons. The summed E-state index contributed by atoms with van der Waals surface area (Å²) in [7, 11) is 1.71. The molecular formula is C16H19N3O2. The summed E-state index contributed by atoms with van der Waals surface area (Å²) in [5.74, 6) is 1.70. The van der Waals surface area contributed by atoms with Gasteiger partial charge in [-0.1, -0.05) is 12.1 Å². The predicted octanol–water partition coefficient (Wildman–Crippen LogP) is 2.44. The van der Waals surface area contributed by atoms with Gasteiger partial charge < -0.3 is 14.1 Å². The molecule has 1 aromatic heterocycles. The van der Waals surface area contributed by atoms with Crippen LogP contribution in [-0.2, 0) is 0 Å². The number of hydrazone groups is 1. The number of ether oxygens (including phenoxy) is 1. The molecule has 1 fully saturated rings. The minimum atomic E-state index is 0.780. The van der Waals surface area contributed by atoms with Crippen molar-refractivity contribution < 1.29 is 9.15 Å². The van der Waals surface area contributed by atoms with Crippen molar-refractivity contribution in [3.63, 3.8) is 0 Å². The van der Waals surface area contributed by atoms with Crippen LogP contribution in [0, 0.1) is 0 Å². The van der Waals surface area contributed by atoms with Crippen molar-refractivity contribution in [1.82, 2.24) is 5.01 Å². The average molecular weight is 285 g/mol. The molecule has 2 heterocycles. The third-order valence-electron chi connectivity index (χ3n) is 3.57. The van der Waals surface area contributed by atoms with Crippen LogP contribution in [0.2, 0.25) is 0 Å². The summed E-state index contributed by atoms with van der Waals surface area (Å²) in [6, 6.07) is 11.9. The van der Waals surface area contributed by atoms with E-state index in [0.29, 0.717) is 0 Å². The highest BCUT2D eigenvalue weighted by molar-refractivity contribution is 5.75. The number of methoxy groups -OCH3 is 1. The maximum Gasteiger partial charge on any atom is 0.146 e. The summed E-state index contributed by atoms with van der Waals surface area (Å²) < 4.78 is 10.7. The molecule has 3 rings (SSSR count). The van der Waals surface area contributed by atoms with Gasteiger partial charge >= 0.3 is 0 Å². The summed E-state index contributed by atoms with van der Waals surface area (Å²) in [5, 5.41) is 6.52. The van der Waals surface area contributed by atoms with E-state index in [9.17, 15) is 0 Å². The standard InChI is InChI=1S/C16H19N3O2/c1-20-16-7-3-2-6-15(16)18-8-10-19(11-9-18)17-13-14-5-4-12-21-14/h2-7,12-13H,8-11H2,1H3/b17-13-. The number of piperazine rings is 1. The van der Waals surface area contributed by atoms with Gasteiger partial charge in [-0.15, -0.1) is 0 Å². The molecule has 5 heteroatoms. The third kappa shape index (κ3) is 3.18. The van der Waals surface area contributed by atoms with Crippen LogP contribution in [0.4, 0.5) is 5.69 Å². The Morgan fingerprint density at radius 1 is 1.10 bits per heavy atom. The minimum Gasteiger partial charge on any atom is -0.495 e. The van der Waals surface area contributed by atoms with Crippen molar-refractivity contribution in [2.75, 3.05) is 38.2 Å². The van der Waals surface area contributed by atoms with Crippen LogP contribution in [0.3, 0.4) is 0 Å². The molecule has 2 aromatic rings. The van der Waals surface area contributed by atoms with E-state index in [0.717, 1.165) is 43.4 Å². The van der Waals surface area contributed by atoms with E-state index in [-0.39, 0.29) is 0 Å². The number of benzene rings is 1. The van der Waals surface area contributed by atoms with Crippen molar-refractivity contribution in [1.29, 1.82) is 0 Å². The Morgan fingerprint density at radius 2 is 1.90 bits per heavy atom. The molecule has 1 aliphatic heterocycles. The number of hydrogen-bond acceptors (Lipinski definition) is 5. The quantitative estimate of drug-likeness (QED) is 0.809. The topological polar surface area (TPSA) is 41.2 Å². The maximum absolute atomic E-state index is 5.42. The smallest absolute Gasteiger partial charge is 0.146 e. The van der Waals surface area contributed by atoms with Gasteiger partial charge in [-0.3, -0.25) is 5.01 Å². The largest absolute Gasteiger partial charge is 0.495 e. The predicted molar refractivity (Wildman–Crippen MR) is 83.1 cm³/mol. The van der Waals surface area contributed by atoms with E-state index in [4.69, 9.17) is 9.15 Å². The second kappa shape index (κ2) is 6.35. The van der Waals surface area contributed by atoms with Crippen LogP contribution in [0.5, 0.6) is 5.75 Å². The Bertz CT molecular complexity index is 587. The molecule has 0 bridgehead atoms. The maximum atomic E-state index is 5.42. The van der Waals surface area contributed by atoms with Gasteiger partial charge in [0.25, 0.3) is 0 Å². The van der Waals surface area contributed by atoms with Crippen LogP contribution < -0.4 is 9.64 Å². The SMILES string of the molecule is COc1ccccc1N1CCN(/N=C\c2ccco2)CC1. The summed E-state index contributed by atoms with van der Waals surface area (Å²) in [6.07, 6.45) is 3.42. The molecular weight excluding hydrogens is 266 g/mol. The van der Waals surface area contributed by atoms with Gasteiger partial charge in [0.15, 0.2) is 0 Å². The molecule has 1 aromatic carbocycles. The van der Waals surface area contributed by atoms with Crippen LogP contribution in [0.15, 0.2) is 52.2 Å². The van der Waals surface area contributed by atoms with E-state index in [1.165, 1.54) is 0 Å². The first-order valence-corrected chi connectivity index (χ1v) is 7.07. The molecule has 0 amide bonds. The molecule has 1 aliphatic rings. The molecule has 0 unspecified atom stereocenters. The van der Waals surface area contributed by atoms with Gasteiger partial charge in [0.05, 0.1) is 38.4 Å². The molecule has 0 N–H and O–H groups in total. The normalized spacial score (nSPS) is 15.7. The fraction of sp³-hybridized carbons (Fsp3) is 0.312. The Balaban J connectivity index is 1.60. The van der Waals surface area contributed by atoms with Crippen molar-refractivity contribution >= 4 is 11.9 Å². The molecule has 0 aliphatic carbocycles. The van der Waals surface area contributed by atoms with Crippen LogP contribution in [0.25, 0.3) is 0 Å². The van der Waals surface area contributed by atoms with Crippen molar-refractivity contribution in [3.8, 4) is 5.75 Å². The van der Waals surface area contributed by atoms with Crippen LogP contribution in [0.1, 0.15) is 5.76 Å². The molecule has 0 spiro atoms. The lowest BCUT2D eigenvalue weighted by atomic mass is 10.2. The van der Waals surface area contributed by atoms with Crippen LogP contribution in [-0.4, -0.2) is 44.5 Å². The lowest BCUT2D eigenvalue weighted by molar-refractivity contribution is 0.270. The van der Waals surface area contributed by atoms with Gasteiger partial charge in [0.1, 0.15) is 11.5 Å². The summed E-state index contributed by atoms with van der Waals surface area (Å²) in [5.41, 5.74) is 1.15. The number of nitrogens with zero attached hydrogens (tertiary/aromatic N) is 3. The van der Waals surface area contributed by atoms with E-state index in [1.54, 1.807) is 19.6 Å². The number of para-hydroxylation sites is 2. The minimum absolute atomic E-state index is 0.780. The zero-order valence-electron chi connectivity index (χ0n) is 12.1. The first kappa shape index (κ1) is 13.5.